The number of hydrogen-bond acceptors (Lipinski definition) is 3. The predicted octanol–water partition coefficient (Wildman–Crippen LogP) is 6.20. The predicted molar refractivity (Wildman–Crippen MR) is 139 cm³/mol. The van der Waals surface area contributed by atoms with Crippen LogP contribution in [0.4, 0.5) is 0 Å². The maximum Gasteiger partial charge on any atom is 0.326 e. The standard InChI is InChI=1S/C28H27Cl2NO4/c1-17(2)26(28(34)35)31(3)27(33)21-10-8-20(9-11-21)19-6-4-18(5-7-19)14-24(32)15-22-12-13-23(29)16-25(22)30/h4-13,16-17,26H,14-15H2,1-3H3,(H,34,35)/t26-/m0/s1. The van der Waals surface area contributed by atoms with Gasteiger partial charge in [0.1, 0.15) is 11.8 Å². The number of halogens is 2. The molecule has 35 heavy (non-hydrogen) atoms. The highest BCUT2D eigenvalue weighted by Gasteiger charge is 2.30. The third-order valence-electron chi connectivity index (χ3n) is 5.85. The third kappa shape index (κ3) is 6.71. The van der Waals surface area contributed by atoms with E-state index in [2.05, 4.69) is 0 Å². The summed E-state index contributed by atoms with van der Waals surface area (Å²) in [4.78, 5) is 38.1. The van der Waals surface area contributed by atoms with Crippen molar-refractivity contribution < 1.29 is 19.5 Å². The summed E-state index contributed by atoms with van der Waals surface area (Å²) in [6.45, 7) is 3.55. The fourth-order valence-electron chi connectivity index (χ4n) is 4.02. The molecule has 0 saturated heterocycles. The number of carbonyl (C=O) groups excluding carboxylic acids is 2. The topological polar surface area (TPSA) is 74.7 Å². The first kappa shape index (κ1) is 26.5. The van der Waals surface area contributed by atoms with Gasteiger partial charge in [-0.05, 0) is 52.4 Å². The van der Waals surface area contributed by atoms with Crippen LogP contribution in [-0.2, 0) is 22.4 Å². The van der Waals surface area contributed by atoms with E-state index < -0.39 is 12.0 Å². The van der Waals surface area contributed by atoms with Crippen LogP contribution in [0.5, 0.6) is 0 Å². The van der Waals surface area contributed by atoms with Gasteiger partial charge in [0.2, 0.25) is 0 Å². The molecule has 7 heteroatoms. The molecule has 0 spiro atoms. The fraction of sp³-hybridized carbons (Fsp3) is 0.250. The second-order valence-corrected chi connectivity index (χ2v) is 9.69. The van der Waals surface area contributed by atoms with Gasteiger partial charge < -0.3 is 10.0 Å². The number of benzene rings is 3. The van der Waals surface area contributed by atoms with Crippen LogP contribution in [0.1, 0.15) is 35.3 Å². The zero-order valence-corrected chi connectivity index (χ0v) is 21.3. The summed E-state index contributed by atoms with van der Waals surface area (Å²) in [7, 11) is 1.51. The van der Waals surface area contributed by atoms with Crippen LogP contribution >= 0.6 is 23.2 Å². The molecule has 0 radical (unpaired) electrons. The molecule has 3 rings (SSSR count). The molecule has 0 aromatic heterocycles. The van der Waals surface area contributed by atoms with Crippen LogP contribution < -0.4 is 0 Å². The van der Waals surface area contributed by atoms with Gasteiger partial charge in [-0.25, -0.2) is 4.79 Å². The Labute approximate surface area is 215 Å². The Morgan fingerprint density at radius 1 is 0.857 bits per heavy atom. The minimum atomic E-state index is -1.03. The largest absolute Gasteiger partial charge is 0.480 e. The monoisotopic (exact) mass is 511 g/mol. The molecule has 0 heterocycles. The molecule has 1 atom stereocenters. The lowest BCUT2D eigenvalue weighted by atomic mass is 9.98. The molecule has 1 N–H and O–H groups in total. The van der Waals surface area contributed by atoms with Crippen LogP contribution in [0, 0.1) is 5.92 Å². The first-order valence-corrected chi connectivity index (χ1v) is 12.0. The number of rotatable bonds is 9. The lowest BCUT2D eigenvalue weighted by Gasteiger charge is -2.27. The average Bonchev–Trinajstić information content (AvgIpc) is 2.80. The van der Waals surface area contributed by atoms with E-state index in [1.807, 2.05) is 36.4 Å². The van der Waals surface area contributed by atoms with Crippen molar-refractivity contribution in [3.05, 3.63) is 93.5 Å². The van der Waals surface area contributed by atoms with E-state index in [9.17, 15) is 19.5 Å². The van der Waals surface area contributed by atoms with E-state index in [4.69, 9.17) is 23.2 Å². The van der Waals surface area contributed by atoms with Crippen molar-refractivity contribution in [3.8, 4) is 11.1 Å². The Morgan fingerprint density at radius 2 is 1.43 bits per heavy atom. The number of carboxylic acid groups (broad SMARTS) is 1. The molecule has 0 fully saturated rings. The van der Waals surface area contributed by atoms with E-state index in [1.165, 1.54) is 11.9 Å². The minimum Gasteiger partial charge on any atom is -0.480 e. The number of Topliss-reactive ketones (excluding diaryl/α,β-unsaturated/α-hetero) is 1. The fourth-order valence-corrected chi connectivity index (χ4v) is 4.49. The van der Waals surface area contributed by atoms with Gasteiger partial charge >= 0.3 is 5.97 Å². The normalized spacial score (nSPS) is 11.8. The van der Waals surface area contributed by atoms with Crippen LogP contribution in [0.25, 0.3) is 11.1 Å². The smallest absolute Gasteiger partial charge is 0.326 e. The van der Waals surface area contributed by atoms with Gasteiger partial charge in [-0.15, -0.1) is 0 Å². The Balaban J connectivity index is 1.65. The number of ketones is 1. The van der Waals surface area contributed by atoms with E-state index in [0.29, 0.717) is 22.0 Å². The highest BCUT2D eigenvalue weighted by Crippen LogP contribution is 2.24. The van der Waals surface area contributed by atoms with Crippen molar-refractivity contribution in [2.75, 3.05) is 7.05 Å². The van der Waals surface area contributed by atoms with Gasteiger partial charge in [-0.2, -0.15) is 0 Å². The molecule has 0 bridgehead atoms. The zero-order valence-electron chi connectivity index (χ0n) is 19.8. The molecule has 0 saturated carbocycles. The van der Waals surface area contributed by atoms with Crippen molar-refractivity contribution in [1.82, 2.24) is 4.90 Å². The number of nitrogens with zero attached hydrogens (tertiary/aromatic N) is 1. The maximum atomic E-state index is 12.8. The van der Waals surface area contributed by atoms with Crippen molar-refractivity contribution in [2.24, 2.45) is 5.92 Å². The summed E-state index contributed by atoms with van der Waals surface area (Å²) in [5.74, 6) is -1.53. The summed E-state index contributed by atoms with van der Waals surface area (Å²) in [5, 5.41) is 10.5. The Morgan fingerprint density at radius 3 is 1.94 bits per heavy atom. The summed E-state index contributed by atoms with van der Waals surface area (Å²) >= 11 is 12.1. The van der Waals surface area contributed by atoms with E-state index in [-0.39, 0.29) is 24.0 Å². The quantitative estimate of drug-likeness (QED) is 0.371. The molecule has 0 aliphatic carbocycles. The average molecular weight is 512 g/mol. The Bertz CT molecular complexity index is 1220. The van der Waals surface area contributed by atoms with Crippen LogP contribution in [0.15, 0.2) is 66.7 Å². The molecule has 0 aliphatic rings. The summed E-state index contributed by atoms with van der Waals surface area (Å²) in [6.07, 6.45) is 0.529. The van der Waals surface area contributed by atoms with Gasteiger partial charge in [0, 0.05) is 35.5 Å². The third-order valence-corrected chi connectivity index (χ3v) is 6.43. The van der Waals surface area contributed by atoms with E-state index in [1.54, 1.807) is 44.2 Å². The highest BCUT2D eigenvalue weighted by molar-refractivity contribution is 6.35. The molecule has 182 valence electrons. The van der Waals surface area contributed by atoms with Crippen molar-refractivity contribution >= 4 is 40.9 Å². The van der Waals surface area contributed by atoms with Crippen LogP contribution in [0.3, 0.4) is 0 Å². The van der Waals surface area contributed by atoms with E-state index >= 15 is 0 Å². The van der Waals surface area contributed by atoms with Gasteiger partial charge in [-0.3, -0.25) is 9.59 Å². The second-order valence-electron chi connectivity index (χ2n) is 8.85. The van der Waals surface area contributed by atoms with Crippen LogP contribution in [0.2, 0.25) is 10.0 Å². The number of carboxylic acids is 1. The van der Waals surface area contributed by atoms with Crippen LogP contribution in [-0.4, -0.2) is 40.8 Å². The van der Waals surface area contributed by atoms with Gasteiger partial charge in [0.25, 0.3) is 5.91 Å². The summed E-state index contributed by atoms with van der Waals surface area (Å²) < 4.78 is 0. The molecule has 1 amide bonds. The Hall–Kier alpha value is -3.15. The summed E-state index contributed by atoms with van der Waals surface area (Å²) in [6, 6.07) is 18.9. The first-order chi connectivity index (χ1) is 16.6. The number of aliphatic carboxylic acids is 1. The molecule has 3 aromatic rings. The summed E-state index contributed by atoms with van der Waals surface area (Å²) in [5.41, 5.74) is 3.92. The van der Waals surface area contributed by atoms with Crippen molar-refractivity contribution in [1.29, 1.82) is 0 Å². The SMILES string of the molecule is CC(C)[C@@H](C(=O)O)N(C)C(=O)c1ccc(-c2ccc(CC(=O)Cc3ccc(Cl)cc3Cl)cc2)cc1. The minimum absolute atomic E-state index is 0.0509. The van der Waals surface area contributed by atoms with Gasteiger partial charge in [0.15, 0.2) is 0 Å². The molecule has 0 unspecified atom stereocenters. The highest BCUT2D eigenvalue weighted by atomic mass is 35.5. The lowest BCUT2D eigenvalue weighted by molar-refractivity contribution is -0.143. The number of hydrogen-bond donors (Lipinski definition) is 1. The Kier molecular flexibility index (Phi) is 8.71. The lowest BCUT2D eigenvalue weighted by Crippen LogP contribution is -2.45. The van der Waals surface area contributed by atoms with Crippen molar-refractivity contribution in [2.45, 2.75) is 32.7 Å². The molecule has 3 aromatic carbocycles. The zero-order chi connectivity index (χ0) is 25.7. The number of likely N-dealkylation sites (N-methyl/N-ethyl adjacent to an activating group) is 1. The molecule has 0 aliphatic heterocycles. The molecule has 5 nitrogen and oxygen atoms in total. The van der Waals surface area contributed by atoms with Gasteiger partial charge in [0.05, 0.1) is 0 Å². The van der Waals surface area contributed by atoms with E-state index in [0.717, 1.165) is 22.3 Å². The van der Waals surface area contributed by atoms with Crippen molar-refractivity contribution in [3.63, 3.8) is 0 Å². The first-order valence-electron chi connectivity index (χ1n) is 11.2. The molecular formula is C28H27Cl2NO4. The van der Waals surface area contributed by atoms with Gasteiger partial charge in [-0.1, -0.05) is 79.5 Å². The number of carbonyl (C=O) groups is 3. The second kappa shape index (κ2) is 11.5. The number of amides is 1. The molecular weight excluding hydrogens is 485 g/mol. The maximum absolute atomic E-state index is 12.8.